The first-order valence-corrected chi connectivity index (χ1v) is 22.6. The standard InChI is InChI=1S/C60H56N2O2/c1-39-23-27-45(28-24-39)59(51-19-11-7-15-47(51)48-16-8-12-20-52(48)59)55-35-41(3)33-43(57(55)63)37-61(5)31-32-62(6)38-44-34-42(4)36-56(58(44)64)60(46-29-25-40(2)26-30-46)53-21-13-9-17-49(53)50-18-10-14-22-54(50)60/h7-30,33-36,63-64H,31-32,37-38H2,1-6H3. The molecule has 2 aliphatic carbocycles. The van der Waals surface area contributed by atoms with Gasteiger partial charge in [0.1, 0.15) is 11.5 Å². The van der Waals surface area contributed by atoms with Crippen molar-refractivity contribution in [3.05, 3.63) is 248 Å². The second kappa shape index (κ2) is 16.1. The van der Waals surface area contributed by atoms with Crippen molar-refractivity contribution in [3.63, 3.8) is 0 Å². The third-order valence-corrected chi connectivity index (χ3v) is 14.1. The first-order chi connectivity index (χ1) is 31.0. The fraction of sp³-hybridized carbons (Fsp3) is 0.200. The van der Waals surface area contributed by atoms with Gasteiger partial charge in [0.2, 0.25) is 0 Å². The minimum absolute atomic E-state index is 0.340. The Kier molecular flexibility index (Phi) is 10.4. The molecule has 8 aromatic rings. The summed E-state index contributed by atoms with van der Waals surface area (Å²) in [5.41, 5.74) is 18.8. The summed E-state index contributed by atoms with van der Waals surface area (Å²) in [6.07, 6.45) is 0. The molecule has 0 saturated carbocycles. The lowest BCUT2D eigenvalue weighted by Crippen LogP contribution is -2.32. The van der Waals surface area contributed by atoms with Crippen molar-refractivity contribution in [2.45, 2.75) is 51.6 Å². The largest absolute Gasteiger partial charge is 0.507 e. The van der Waals surface area contributed by atoms with Gasteiger partial charge in [-0.05, 0) is 97.4 Å². The molecule has 0 saturated heterocycles. The highest BCUT2D eigenvalue weighted by molar-refractivity contribution is 5.88. The normalized spacial score (nSPS) is 14.1. The second-order valence-electron chi connectivity index (χ2n) is 18.5. The Labute approximate surface area is 378 Å². The summed E-state index contributed by atoms with van der Waals surface area (Å²) >= 11 is 0. The first-order valence-electron chi connectivity index (χ1n) is 22.6. The Balaban J connectivity index is 0.954. The van der Waals surface area contributed by atoms with Gasteiger partial charge in [-0.15, -0.1) is 0 Å². The molecule has 0 radical (unpaired) electrons. The van der Waals surface area contributed by atoms with E-state index < -0.39 is 10.8 Å². The van der Waals surface area contributed by atoms with Gasteiger partial charge in [0.15, 0.2) is 0 Å². The number of aryl methyl sites for hydroxylation is 4. The van der Waals surface area contributed by atoms with Crippen molar-refractivity contribution in [1.29, 1.82) is 0 Å². The van der Waals surface area contributed by atoms with Gasteiger partial charge in [0, 0.05) is 48.4 Å². The summed E-state index contributed by atoms with van der Waals surface area (Å²) in [4.78, 5) is 4.59. The molecule has 2 aliphatic rings. The van der Waals surface area contributed by atoms with E-state index in [1.807, 2.05) is 0 Å². The summed E-state index contributed by atoms with van der Waals surface area (Å²) in [6.45, 7) is 11.2. The van der Waals surface area contributed by atoms with Crippen molar-refractivity contribution in [1.82, 2.24) is 9.80 Å². The van der Waals surface area contributed by atoms with Gasteiger partial charge < -0.3 is 20.0 Å². The average molecular weight is 837 g/mol. The van der Waals surface area contributed by atoms with Gasteiger partial charge in [0.05, 0.1) is 10.8 Å². The lowest BCUT2D eigenvalue weighted by atomic mass is 9.66. The van der Waals surface area contributed by atoms with Gasteiger partial charge in [-0.25, -0.2) is 0 Å². The SMILES string of the molecule is Cc1ccc(C2(c3cc(C)cc(CN(C)CCN(C)Cc4cc(C)cc(C5(c6ccc(C)cc6)c6ccccc6-c6ccccc65)c4O)c3O)c3ccccc3-c3ccccc32)cc1. The maximum absolute atomic E-state index is 12.6. The topological polar surface area (TPSA) is 46.9 Å². The Hall–Kier alpha value is -6.72. The minimum Gasteiger partial charge on any atom is -0.507 e. The highest BCUT2D eigenvalue weighted by atomic mass is 16.3. The van der Waals surface area contributed by atoms with Crippen LogP contribution in [0.1, 0.15) is 77.9 Å². The Bertz CT molecular complexity index is 2760. The molecule has 318 valence electrons. The number of rotatable bonds is 11. The van der Waals surface area contributed by atoms with Crippen LogP contribution in [0.5, 0.6) is 11.5 Å². The Morgan fingerprint density at radius 3 is 0.969 bits per heavy atom. The molecule has 0 fully saturated rings. The molecule has 10 rings (SSSR count). The van der Waals surface area contributed by atoms with Gasteiger partial charge in [-0.3, -0.25) is 0 Å². The molecule has 0 unspecified atom stereocenters. The second-order valence-corrected chi connectivity index (χ2v) is 18.5. The van der Waals surface area contributed by atoms with Gasteiger partial charge in [-0.2, -0.15) is 0 Å². The number of likely N-dealkylation sites (N-methyl/N-ethyl adjacent to an activating group) is 2. The lowest BCUT2D eigenvalue weighted by molar-refractivity contribution is 0.243. The van der Waals surface area contributed by atoms with E-state index in [1.165, 1.54) is 55.6 Å². The number of hydrogen-bond donors (Lipinski definition) is 2. The van der Waals surface area contributed by atoms with Crippen LogP contribution in [0.3, 0.4) is 0 Å². The van der Waals surface area contributed by atoms with E-state index in [1.54, 1.807) is 0 Å². The Morgan fingerprint density at radius 1 is 0.359 bits per heavy atom. The molecule has 4 nitrogen and oxygen atoms in total. The molecule has 2 N–H and O–H groups in total. The third kappa shape index (κ3) is 6.50. The summed E-state index contributed by atoms with van der Waals surface area (Å²) in [5, 5.41) is 25.1. The van der Waals surface area contributed by atoms with Crippen LogP contribution in [-0.4, -0.2) is 47.2 Å². The quantitative estimate of drug-likeness (QED) is 0.136. The van der Waals surface area contributed by atoms with Crippen LogP contribution in [0.4, 0.5) is 0 Å². The molecule has 64 heavy (non-hydrogen) atoms. The predicted molar refractivity (Wildman–Crippen MR) is 262 cm³/mol. The highest BCUT2D eigenvalue weighted by Gasteiger charge is 2.49. The van der Waals surface area contributed by atoms with E-state index in [-0.39, 0.29) is 0 Å². The number of nitrogens with zero attached hydrogens (tertiary/aromatic N) is 2. The van der Waals surface area contributed by atoms with E-state index in [0.29, 0.717) is 24.6 Å². The molecule has 0 amide bonds. The van der Waals surface area contributed by atoms with Crippen molar-refractivity contribution < 1.29 is 10.2 Å². The van der Waals surface area contributed by atoms with Gasteiger partial charge in [-0.1, -0.05) is 192 Å². The van der Waals surface area contributed by atoms with Crippen molar-refractivity contribution in [2.24, 2.45) is 0 Å². The summed E-state index contributed by atoms with van der Waals surface area (Å²) in [7, 11) is 4.27. The zero-order valence-corrected chi connectivity index (χ0v) is 37.8. The van der Waals surface area contributed by atoms with Crippen molar-refractivity contribution in [2.75, 3.05) is 27.2 Å². The monoisotopic (exact) mass is 836 g/mol. The average Bonchev–Trinajstić information content (AvgIpc) is 3.77. The highest BCUT2D eigenvalue weighted by Crippen LogP contribution is 2.60. The minimum atomic E-state index is -0.681. The van der Waals surface area contributed by atoms with Gasteiger partial charge in [0.25, 0.3) is 0 Å². The fourth-order valence-corrected chi connectivity index (χ4v) is 11.2. The summed E-state index contributed by atoms with van der Waals surface area (Å²) in [6, 6.07) is 61.1. The molecule has 4 heteroatoms. The lowest BCUT2D eigenvalue weighted by Gasteiger charge is -2.35. The molecule has 0 heterocycles. The molecule has 0 bridgehead atoms. The Morgan fingerprint density at radius 2 is 0.656 bits per heavy atom. The van der Waals surface area contributed by atoms with Crippen molar-refractivity contribution in [3.8, 4) is 33.8 Å². The van der Waals surface area contributed by atoms with Crippen LogP contribution in [0.2, 0.25) is 0 Å². The molecular weight excluding hydrogens is 781 g/mol. The van der Waals surface area contributed by atoms with E-state index >= 15 is 0 Å². The number of fused-ring (bicyclic) bond motifs is 6. The molecule has 0 aromatic heterocycles. The number of phenols is 2. The van der Waals surface area contributed by atoms with Crippen molar-refractivity contribution >= 4 is 0 Å². The van der Waals surface area contributed by atoms with Crippen LogP contribution in [0, 0.1) is 27.7 Å². The number of phenolic OH excluding ortho intramolecular Hbond substituents is 2. The maximum Gasteiger partial charge on any atom is 0.124 e. The van der Waals surface area contributed by atoms with E-state index in [4.69, 9.17) is 0 Å². The van der Waals surface area contributed by atoms with Crippen LogP contribution in [0.15, 0.2) is 170 Å². The number of hydrogen-bond acceptors (Lipinski definition) is 4. The summed E-state index contributed by atoms with van der Waals surface area (Å²) in [5.74, 6) is 0.681. The van der Waals surface area contributed by atoms with E-state index in [9.17, 15) is 10.2 Å². The van der Waals surface area contributed by atoms with Crippen LogP contribution in [-0.2, 0) is 23.9 Å². The molecule has 8 aromatic carbocycles. The molecule has 0 atom stereocenters. The fourth-order valence-electron chi connectivity index (χ4n) is 11.2. The smallest absolute Gasteiger partial charge is 0.124 e. The zero-order valence-electron chi connectivity index (χ0n) is 37.8. The molecule has 0 aliphatic heterocycles. The zero-order chi connectivity index (χ0) is 44.3. The van der Waals surface area contributed by atoms with E-state index in [0.717, 1.165) is 57.6 Å². The molecule has 0 spiro atoms. The van der Waals surface area contributed by atoms with Crippen LogP contribution in [0.25, 0.3) is 22.3 Å². The first kappa shape index (κ1) is 41.3. The molecular formula is C60H56N2O2. The number of aromatic hydroxyl groups is 2. The van der Waals surface area contributed by atoms with Gasteiger partial charge >= 0.3 is 0 Å². The maximum atomic E-state index is 12.6. The third-order valence-electron chi connectivity index (χ3n) is 14.1. The van der Waals surface area contributed by atoms with Crippen LogP contribution < -0.4 is 0 Å². The predicted octanol–water partition coefficient (Wildman–Crippen LogP) is 12.6. The number of benzene rings is 8. The summed E-state index contributed by atoms with van der Waals surface area (Å²) < 4.78 is 0. The van der Waals surface area contributed by atoms with E-state index in [2.05, 4.69) is 221 Å². The van der Waals surface area contributed by atoms with Crippen LogP contribution >= 0.6 is 0 Å².